The van der Waals surface area contributed by atoms with Gasteiger partial charge in [0.2, 0.25) is 0 Å². The van der Waals surface area contributed by atoms with Crippen LogP contribution in [0.1, 0.15) is 16.1 Å². The lowest BCUT2D eigenvalue weighted by Gasteiger charge is -2.04. The number of halogens is 2. The SMILES string of the molecule is O=C(NCc1ccccc1F)c1cc(Br)c[nH]1. The molecule has 0 radical (unpaired) electrons. The van der Waals surface area contributed by atoms with Gasteiger partial charge in [0, 0.05) is 22.8 Å². The zero-order valence-electron chi connectivity index (χ0n) is 8.84. The molecule has 0 fully saturated rings. The minimum atomic E-state index is -0.319. The molecule has 0 aliphatic heterocycles. The van der Waals surface area contributed by atoms with Crippen molar-refractivity contribution < 1.29 is 9.18 Å². The predicted octanol–water partition coefficient (Wildman–Crippen LogP) is 2.85. The molecule has 88 valence electrons. The van der Waals surface area contributed by atoms with Crippen LogP contribution in [0.4, 0.5) is 4.39 Å². The second-order valence-electron chi connectivity index (χ2n) is 3.51. The van der Waals surface area contributed by atoms with Crippen molar-refractivity contribution in [1.29, 1.82) is 0 Å². The van der Waals surface area contributed by atoms with E-state index in [0.717, 1.165) is 4.47 Å². The average Bonchev–Trinajstić information content (AvgIpc) is 2.74. The van der Waals surface area contributed by atoms with Gasteiger partial charge in [-0.05, 0) is 28.1 Å². The number of carbonyl (C=O) groups excluding carboxylic acids is 1. The number of benzene rings is 1. The summed E-state index contributed by atoms with van der Waals surface area (Å²) < 4.78 is 14.1. The minimum Gasteiger partial charge on any atom is -0.356 e. The number of aromatic amines is 1. The summed E-state index contributed by atoms with van der Waals surface area (Å²) >= 11 is 3.24. The Kier molecular flexibility index (Phi) is 3.58. The summed E-state index contributed by atoms with van der Waals surface area (Å²) in [6, 6.07) is 8.02. The number of hydrogen-bond donors (Lipinski definition) is 2. The molecule has 0 atom stereocenters. The first-order chi connectivity index (χ1) is 8.16. The van der Waals surface area contributed by atoms with E-state index in [9.17, 15) is 9.18 Å². The molecule has 1 aromatic carbocycles. The van der Waals surface area contributed by atoms with E-state index in [0.29, 0.717) is 11.3 Å². The van der Waals surface area contributed by atoms with Crippen LogP contribution in [0, 0.1) is 5.82 Å². The van der Waals surface area contributed by atoms with Crippen molar-refractivity contribution in [2.75, 3.05) is 0 Å². The van der Waals surface area contributed by atoms with Gasteiger partial charge in [-0.2, -0.15) is 0 Å². The van der Waals surface area contributed by atoms with Gasteiger partial charge in [0.05, 0.1) is 0 Å². The largest absolute Gasteiger partial charge is 0.356 e. The van der Waals surface area contributed by atoms with E-state index in [1.807, 2.05) is 0 Å². The number of rotatable bonds is 3. The summed E-state index contributed by atoms with van der Waals surface area (Å²) in [6.07, 6.45) is 1.66. The van der Waals surface area contributed by atoms with Gasteiger partial charge in [0.15, 0.2) is 0 Å². The standard InChI is InChI=1S/C12H10BrFN2O/c13-9-5-11(15-7-9)12(17)16-6-8-3-1-2-4-10(8)14/h1-5,7,15H,6H2,(H,16,17). The average molecular weight is 297 g/mol. The highest BCUT2D eigenvalue weighted by Crippen LogP contribution is 2.11. The maximum absolute atomic E-state index is 13.3. The van der Waals surface area contributed by atoms with Crippen molar-refractivity contribution in [3.63, 3.8) is 0 Å². The molecule has 0 spiro atoms. The van der Waals surface area contributed by atoms with E-state index in [1.165, 1.54) is 6.07 Å². The molecule has 17 heavy (non-hydrogen) atoms. The quantitative estimate of drug-likeness (QED) is 0.899. The molecule has 2 rings (SSSR count). The van der Waals surface area contributed by atoms with Gasteiger partial charge in [0.25, 0.3) is 5.91 Å². The van der Waals surface area contributed by atoms with Crippen LogP contribution >= 0.6 is 15.9 Å². The normalized spacial score (nSPS) is 10.2. The van der Waals surface area contributed by atoms with E-state index in [2.05, 4.69) is 26.2 Å². The van der Waals surface area contributed by atoms with Crippen LogP contribution in [-0.2, 0) is 6.54 Å². The van der Waals surface area contributed by atoms with Crippen LogP contribution in [0.15, 0.2) is 41.0 Å². The lowest BCUT2D eigenvalue weighted by Crippen LogP contribution is -2.23. The molecule has 3 nitrogen and oxygen atoms in total. The van der Waals surface area contributed by atoms with Crippen molar-refractivity contribution in [3.05, 3.63) is 58.1 Å². The van der Waals surface area contributed by atoms with Gasteiger partial charge in [-0.25, -0.2) is 4.39 Å². The topological polar surface area (TPSA) is 44.9 Å². The van der Waals surface area contributed by atoms with Crippen molar-refractivity contribution in [2.24, 2.45) is 0 Å². The molecule has 2 N–H and O–H groups in total. The Balaban J connectivity index is 1.99. The highest BCUT2D eigenvalue weighted by Gasteiger charge is 2.08. The molecular weight excluding hydrogens is 287 g/mol. The molecule has 1 amide bonds. The molecule has 5 heteroatoms. The van der Waals surface area contributed by atoms with Crippen molar-refractivity contribution >= 4 is 21.8 Å². The molecular formula is C12H10BrFN2O. The van der Waals surface area contributed by atoms with Crippen LogP contribution in [0.3, 0.4) is 0 Å². The minimum absolute atomic E-state index is 0.169. The van der Waals surface area contributed by atoms with Gasteiger partial charge in [-0.3, -0.25) is 4.79 Å². The van der Waals surface area contributed by atoms with Crippen LogP contribution in [0.5, 0.6) is 0 Å². The van der Waals surface area contributed by atoms with E-state index >= 15 is 0 Å². The Morgan fingerprint density at radius 2 is 2.18 bits per heavy atom. The zero-order chi connectivity index (χ0) is 12.3. The van der Waals surface area contributed by atoms with Crippen LogP contribution in [-0.4, -0.2) is 10.9 Å². The van der Waals surface area contributed by atoms with Gasteiger partial charge in [-0.15, -0.1) is 0 Å². The summed E-state index contributed by atoms with van der Waals surface area (Å²) in [7, 11) is 0. The Bertz CT molecular complexity index is 539. The van der Waals surface area contributed by atoms with Crippen molar-refractivity contribution in [3.8, 4) is 0 Å². The Morgan fingerprint density at radius 3 is 2.82 bits per heavy atom. The molecule has 0 aliphatic carbocycles. The Labute approximate surface area is 106 Å². The van der Waals surface area contributed by atoms with Gasteiger partial charge in [-0.1, -0.05) is 18.2 Å². The molecule has 0 unspecified atom stereocenters. The third kappa shape index (κ3) is 2.94. The van der Waals surface area contributed by atoms with Gasteiger partial charge in [0.1, 0.15) is 11.5 Å². The second kappa shape index (κ2) is 5.14. The van der Waals surface area contributed by atoms with E-state index < -0.39 is 0 Å². The molecule has 0 saturated heterocycles. The fourth-order valence-corrected chi connectivity index (χ4v) is 1.75. The van der Waals surface area contributed by atoms with Crippen LogP contribution in [0.25, 0.3) is 0 Å². The fraction of sp³-hybridized carbons (Fsp3) is 0.0833. The molecule has 1 aromatic heterocycles. The first-order valence-electron chi connectivity index (χ1n) is 5.02. The lowest BCUT2D eigenvalue weighted by molar-refractivity contribution is 0.0946. The van der Waals surface area contributed by atoms with Crippen molar-refractivity contribution in [1.82, 2.24) is 10.3 Å². The maximum atomic E-state index is 13.3. The van der Waals surface area contributed by atoms with E-state index in [4.69, 9.17) is 0 Å². The third-order valence-corrected chi connectivity index (χ3v) is 2.75. The number of nitrogens with one attached hydrogen (secondary N) is 2. The molecule has 2 aromatic rings. The summed E-state index contributed by atoms with van der Waals surface area (Å²) in [5.74, 6) is -0.584. The summed E-state index contributed by atoms with van der Waals surface area (Å²) in [5, 5.41) is 2.64. The summed E-state index contributed by atoms with van der Waals surface area (Å²) in [5.41, 5.74) is 0.902. The number of amides is 1. The Hall–Kier alpha value is -1.62. The smallest absolute Gasteiger partial charge is 0.268 e. The monoisotopic (exact) mass is 296 g/mol. The van der Waals surface area contributed by atoms with E-state index in [1.54, 1.807) is 30.5 Å². The number of carbonyl (C=O) groups is 1. The first-order valence-corrected chi connectivity index (χ1v) is 5.81. The number of aromatic nitrogens is 1. The number of H-pyrrole nitrogens is 1. The number of hydrogen-bond acceptors (Lipinski definition) is 1. The van der Waals surface area contributed by atoms with Gasteiger partial charge >= 0.3 is 0 Å². The highest BCUT2D eigenvalue weighted by atomic mass is 79.9. The van der Waals surface area contributed by atoms with Crippen molar-refractivity contribution in [2.45, 2.75) is 6.54 Å². The molecule has 0 saturated carbocycles. The molecule has 0 aliphatic rings. The lowest BCUT2D eigenvalue weighted by atomic mass is 10.2. The van der Waals surface area contributed by atoms with E-state index in [-0.39, 0.29) is 18.3 Å². The third-order valence-electron chi connectivity index (χ3n) is 2.29. The summed E-state index contributed by atoms with van der Waals surface area (Å²) in [6.45, 7) is 0.169. The highest BCUT2D eigenvalue weighted by molar-refractivity contribution is 9.10. The zero-order valence-corrected chi connectivity index (χ0v) is 10.4. The second-order valence-corrected chi connectivity index (χ2v) is 4.42. The maximum Gasteiger partial charge on any atom is 0.268 e. The first kappa shape index (κ1) is 11.9. The van der Waals surface area contributed by atoms with Crippen LogP contribution in [0.2, 0.25) is 0 Å². The summed E-state index contributed by atoms with van der Waals surface area (Å²) in [4.78, 5) is 14.5. The molecule has 0 bridgehead atoms. The Morgan fingerprint density at radius 1 is 1.41 bits per heavy atom. The predicted molar refractivity (Wildman–Crippen MR) is 66.1 cm³/mol. The van der Waals surface area contributed by atoms with Crippen LogP contribution < -0.4 is 5.32 Å². The van der Waals surface area contributed by atoms with Gasteiger partial charge < -0.3 is 10.3 Å². The fourth-order valence-electron chi connectivity index (χ4n) is 1.41. The molecule has 1 heterocycles.